The molecule has 7 heteroatoms. The van der Waals surface area contributed by atoms with Crippen LogP contribution in [0, 0.1) is 0 Å². The largest absolute Gasteiger partial charge is 0.348 e. The first-order valence-corrected chi connectivity index (χ1v) is 10.7. The highest BCUT2D eigenvalue weighted by molar-refractivity contribution is 5.99. The standard InChI is InChI=1S/C26H22N6O/c33-26(28-15-20-11-13-23(14-12-20)32-19-27-18-29-32)24-17-31(16-21-7-3-1-4-8-21)30-25(24)22-9-5-2-6-10-22/h1-14,17-19H,15-16H2,(H,28,33). The number of benzene rings is 3. The van der Waals surface area contributed by atoms with Crippen LogP contribution in [0.5, 0.6) is 0 Å². The number of hydrogen-bond donors (Lipinski definition) is 1. The summed E-state index contributed by atoms with van der Waals surface area (Å²) in [6.07, 6.45) is 4.96. The maximum Gasteiger partial charge on any atom is 0.255 e. The lowest BCUT2D eigenvalue weighted by Gasteiger charge is -2.07. The predicted octanol–water partition coefficient (Wildman–Crippen LogP) is 4.11. The van der Waals surface area contributed by atoms with Crippen molar-refractivity contribution in [1.29, 1.82) is 0 Å². The first-order chi connectivity index (χ1) is 16.3. The summed E-state index contributed by atoms with van der Waals surface area (Å²) in [6, 6.07) is 27.7. The first-order valence-electron chi connectivity index (χ1n) is 10.7. The van der Waals surface area contributed by atoms with Crippen LogP contribution >= 0.6 is 0 Å². The van der Waals surface area contributed by atoms with Gasteiger partial charge in [0.25, 0.3) is 5.91 Å². The second-order valence-corrected chi connectivity index (χ2v) is 7.63. The maximum atomic E-state index is 13.1. The van der Waals surface area contributed by atoms with Gasteiger partial charge < -0.3 is 5.32 Å². The van der Waals surface area contributed by atoms with Gasteiger partial charge in [-0.25, -0.2) is 9.67 Å². The van der Waals surface area contributed by atoms with Gasteiger partial charge in [0.15, 0.2) is 0 Å². The minimum atomic E-state index is -0.159. The first kappa shape index (κ1) is 20.4. The van der Waals surface area contributed by atoms with Crippen LogP contribution in [-0.2, 0) is 13.1 Å². The Morgan fingerprint density at radius 3 is 2.27 bits per heavy atom. The number of carbonyl (C=O) groups excluding carboxylic acids is 1. The van der Waals surface area contributed by atoms with Gasteiger partial charge in [-0.1, -0.05) is 72.8 Å². The monoisotopic (exact) mass is 434 g/mol. The predicted molar refractivity (Wildman–Crippen MR) is 126 cm³/mol. The highest BCUT2D eigenvalue weighted by Gasteiger charge is 2.18. The third kappa shape index (κ3) is 4.72. The fourth-order valence-electron chi connectivity index (χ4n) is 3.63. The summed E-state index contributed by atoms with van der Waals surface area (Å²) >= 11 is 0. The molecule has 1 amide bonds. The van der Waals surface area contributed by atoms with E-state index in [1.54, 1.807) is 11.0 Å². The van der Waals surface area contributed by atoms with Gasteiger partial charge in [0, 0.05) is 18.3 Å². The molecule has 5 rings (SSSR count). The van der Waals surface area contributed by atoms with Crippen molar-refractivity contribution in [1.82, 2.24) is 29.9 Å². The molecule has 0 aliphatic heterocycles. The van der Waals surface area contributed by atoms with Crippen LogP contribution in [0.3, 0.4) is 0 Å². The Bertz CT molecular complexity index is 1330. The van der Waals surface area contributed by atoms with Gasteiger partial charge >= 0.3 is 0 Å². The molecule has 7 nitrogen and oxygen atoms in total. The van der Waals surface area contributed by atoms with Gasteiger partial charge in [-0.2, -0.15) is 10.2 Å². The van der Waals surface area contributed by atoms with E-state index in [9.17, 15) is 4.79 Å². The summed E-state index contributed by atoms with van der Waals surface area (Å²) in [4.78, 5) is 17.1. The summed E-state index contributed by atoms with van der Waals surface area (Å²) in [5.74, 6) is -0.159. The molecule has 1 N–H and O–H groups in total. The Balaban J connectivity index is 1.35. The second-order valence-electron chi connectivity index (χ2n) is 7.63. The van der Waals surface area contributed by atoms with Gasteiger partial charge in [0.1, 0.15) is 18.3 Å². The molecular weight excluding hydrogens is 412 g/mol. The average molecular weight is 435 g/mol. The SMILES string of the molecule is O=C(NCc1ccc(-n2cncn2)cc1)c1cn(Cc2ccccc2)nc1-c1ccccc1. The molecule has 0 fully saturated rings. The molecule has 0 spiro atoms. The van der Waals surface area contributed by atoms with Crippen LogP contribution in [0.25, 0.3) is 16.9 Å². The van der Waals surface area contributed by atoms with Crippen molar-refractivity contribution in [3.05, 3.63) is 120 Å². The Hall–Kier alpha value is -4.52. The van der Waals surface area contributed by atoms with Crippen LogP contribution in [0.1, 0.15) is 21.5 Å². The number of hydrogen-bond acceptors (Lipinski definition) is 4. The van der Waals surface area contributed by atoms with E-state index in [0.29, 0.717) is 24.3 Å². The maximum absolute atomic E-state index is 13.1. The molecule has 0 saturated carbocycles. The second kappa shape index (κ2) is 9.32. The molecule has 5 aromatic rings. The Kier molecular flexibility index (Phi) is 5.75. The van der Waals surface area contributed by atoms with E-state index in [0.717, 1.165) is 22.4 Å². The van der Waals surface area contributed by atoms with Crippen LogP contribution in [0.2, 0.25) is 0 Å². The van der Waals surface area contributed by atoms with Gasteiger partial charge in [0.2, 0.25) is 0 Å². The van der Waals surface area contributed by atoms with E-state index in [4.69, 9.17) is 5.10 Å². The molecular formula is C26H22N6O. The Morgan fingerprint density at radius 2 is 1.58 bits per heavy atom. The number of nitrogens with zero attached hydrogens (tertiary/aromatic N) is 5. The molecule has 0 aliphatic rings. The molecule has 0 radical (unpaired) electrons. The normalized spacial score (nSPS) is 10.8. The molecule has 2 aromatic heterocycles. The van der Waals surface area contributed by atoms with Crippen molar-refractivity contribution >= 4 is 5.91 Å². The van der Waals surface area contributed by atoms with Crippen molar-refractivity contribution in [2.45, 2.75) is 13.1 Å². The summed E-state index contributed by atoms with van der Waals surface area (Å²) in [5, 5.41) is 11.9. The molecule has 0 saturated heterocycles. The summed E-state index contributed by atoms with van der Waals surface area (Å²) < 4.78 is 3.51. The summed E-state index contributed by atoms with van der Waals surface area (Å²) in [5.41, 5.74) is 5.16. The van der Waals surface area contributed by atoms with Crippen LogP contribution in [0.15, 0.2) is 104 Å². The van der Waals surface area contributed by atoms with Crippen molar-refractivity contribution < 1.29 is 4.79 Å². The highest BCUT2D eigenvalue weighted by atomic mass is 16.1. The molecule has 0 bridgehead atoms. The number of amides is 1. The molecule has 162 valence electrons. The minimum absolute atomic E-state index is 0.159. The average Bonchev–Trinajstić information content (AvgIpc) is 3.55. The van der Waals surface area contributed by atoms with E-state index in [1.807, 2.05) is 95.8 Å². The van der Waals surface area contributed by atoms with Crippen LogP contribution in [-0.4, -0.2) is 30.5 Å². The third-order valence-electron chi connectivity index (χ3n) is 5.31. The zero-order chi connectivity index (χ0) is 22.5. The third-order valence-corrected chi connectivity index (χ3v) is 5.31. The van der Waals surface area contributed by atoms with E-state index in [2.05, 4.69) is 15.4 Å². The summed E-state index contributed by atoms with van der Waals surface area (Å²) in [6.45, 7) is 1.01. The zero-order valence-corrected chi connectivity index (χ0v) is 17.9. The lowest BCUT2D eigenvalue weighted by atomic mass is 10.1. The Morgan fingerprint density at radius 1 is 0.848 bits per heavy atom. The highest BCUT2D eigenvalue weighted by Crippen LogP contribution is 2.22. The van der Waals surface area contributed by atoms with E-state index in [-0.39, 0.29) is 5.91 Å². The van der Waals surface area contributed by atoms with E-state index >= 15 is 0 Å². The fourth-order valence-corrected chi connectivity index (χ4v) is 3.63. The van der Waals surface area contributed by atoms with Gasteiger partial charge in [-0.15, -0.1) is 0 Å². The number of aromatic nitrogens is 5. The number of carbonyl (C=O) groups is 1. The van der Waals surface area contributed by atoms with Crippen LogP contribution < -0.4 is 5.32 Å². The van der Waals surface area contributed by atoms with Crippen molar-refractivity contribution in [3.63, 3.8) is 0 Å². The minimum Gasteiger partial charge on any atom is -0.348 e. The molecule has 2 heterocycles. The smallest absolute Gasteiger partial charge is 0.255 e. The molecule has 0 aliphatic carbocycles. The molecule has 0 unspecified atom stereocenters. The number of rotatable bonds is 7. The van der Waals surface area contributed by atoms with Crippen molar-refractivity contribution in [3.8, 4) is 16.9 Å². The van der Waals surface area contributed by atoms with Crippen molar-refractivity contribution in [2.24, 2.45) is 0 Å². The fraction of sp³-hybridized carbons (Fsp3) is 0.0769. The summed E-state index contributed by atoms with van der Waals surface area (Å²) in [7, 11) is 0. The van der Waals surface area contributed by atoms with Gasteiger partial charge in [0.05, 0.1) is 17.8 Å². The molecule has 0 atom stereocenters. The molecule has 3 aromatic carbocycles. The van der Waals surface area contributed by atoms with Gasteiger partial charge in [-0.3, -0.25) is 9.48 Å². The van der Waals surface area contributed by atoms with Crippen LogP contribution in [0.4, 0.5) is 0 Å². The van der Waals surface area contributed by atoms with E-state index in [1.165, 1.54) is 6.33 Å². The van der Waals surface area contributed by atoms with E-state index < -0.39 is 0 Å². The lowest BCUT2D eigenvalue weighted by molar-refractivity contribution is 0.0951. The topological polar surface area (TPSA) is 77.6 Å². The molecule has 33 heavy (non-hydrogen) atoms. The van der Waals surface area contributed by atoms with Crippen molar-refractivity contribution in [2.75, 3.05) is 0 Å². The number of nitrogens with one attached hydrogen (secondary N) is 1. The lowest BCUT2D eigenvalue weighted by Crippen LogP contribution is -2.23. The zero-order valence-electron chi connectivity index (χ0n) is 17.9. The van der Waals surface area contributed by atoms with Gasteiger partial charge in [-0.05, 0) is 23.3 Å². The Labute approximate surface area is 191 Å². The quantitative estimate of drug-likeness (QED) is 0.418.